The van der Waals surface area contributed by atoms with Gasteiger partial charge in [0, 0.05) is 13.5 Å². The van der Waals surface area contributed by atoms with E-state index in [4.69, 9.17) is 0 Å². The highest BCUT2D eigenvalue weighted by atomic mass is 28.3. The van der Waals surface area contributed by atoms with Crippen molar-refractivity contribution in [3.05, 3.63) is 58.7 Å². The molecule has 0 fully saturated rings. The third kappa shape index (κ3) is 6.27. The lowest BCUT2D eigenvalue weighted by Gasteiger charge is -2.36. The Morgan fingerprint density at radius 3 is 2.04 bits per heavy atom. The molecular weight excluding hydrogens is 320 g/mol. The van der Waals surface area contributed by atoms with Crippen molar-refractivity contribution in [1.82, 2.24) is 0 Å². The first-order valence-corrected chi connectivity index (χ1v) is 13.1. The summed E-state index contributed by atoms with van der Waals surface area (Å²) in [6, 6.07) is 9.48. The van der Waals surface area contributed by atoms with E-state index >= 15 is 0 Å². The maximum absolute atomic E-state index is 11.1. The molecule has 0 aromatic heterocycles. The van der Waals surface area contributed by atoms with Crippen LogP contribution in [0.15, 0.2) is 47.6 Å². The van der Waals surface area contributed by atoms with Crippen LogP contribution in [0.4, 0.5) is 0 Å². The molecule has 2 atom stereocenters. The maximum atomic E-state index is 11.1. The minimum atomic E-state index is -1.08. The topological polar surface area (TPSA) is 20.2 Å². The van der Waals surface area contributed by atoms with Gasteiger partial charge in [-0.2, -0.15) is 0 Å². The number of benzene rings is 1. The second kappa shape index (κ2) is 8.51. The van der Waals surface area contributed by atoms with Crippen LogP contribution >= 0.6 is 0 Å². The van der Waals surface area contributed by atoms with Gasteiger partial charge in [-0.1, -0.05) is 79.7 Å². The quantitative estimate of drug-likeness (QED) is 0.389. The second-order valence-corrected chi connectivity index (χ2v) is 14.8. The first-order valence-electron chi connectivity index (χ1n) is 9.42. The SMILES string of the molecule is C=C(C)C(C)(CC/C(C)=C(\C)C[Si](C)(C)C)C(O)c1ccc(C)cc1. The van der Waals surface area contributed by atoms with Gasteiger partial charge in [0.15, 0.2) is 0 Å². The van der Waals surface area contributed by atoms with Crippen molar-refractivity contribution in [2.75, 3.05) is 0 Å². The number of hydrogen-bond donors (Lipinski definition) is 1. The minimum absolute atomic E-state index is 0.310. The normalized spacial score (nSPS) is 16.8. The van der Waals surface area contributed by atoms with Gasteiger partial charge < -0.3 is 5.11 Å². The third-order valence-corrected chi connectivity index (χ3v) is 7.11. The van der Waals surface area contributed by atoms with Gasteiger partial charge in [0.1, 0.15) is 0 Å². The van der Waals surface area contributed by atoms with Gasteiger partial charge in [0.2, 0.25) is 0 Å². The number of aliphatic hydroxyl groups is 1. The Hall–Kier alpha value is -1.12. The van der Waals surface area contributed by atoms with E-state index in [0.717, 1.165) is 24.0 Å². The molecule has 0 aliphatic carbocycles. The highest BCUT2D eigenvalue weighted by Crippen LogP contribution is 2.44. The number of hydrogen-bond acceptors (Lipinski definition) is 1. The standard InChI is InChI=1S/C23H38OSi/c1-17(2)23(6,22(24)21-12-10-18(3)11-13-21)15-14-19(4)20(5)16-25(7,8)9/h10-13,22,24H,1,14-16H2,2-9H3/b20-19+. The second-order valence-electron chi connectivity index (χ2n) is 9.31. The van der Waals surface area contributed by atoms with Crippen LogP contribution in [-0.4, -0.2) is 13.2 Å². The summed E-state index contributed by atoms with van der Waals surface area (Å²) in [5.41, 5.74) is 5.95. The Labute approximate surface area is 156 Å². The first kappa shape index (κ1) is 21.9. The molecule has 0 amide bonds. The molecule has 0 radical (unpaired) electrons. The molecule has 1 rings (SSSR count). The predicted molar refractivity (Wildman–Crippen MR) is 115 cm³/mol. The van der Waals surface area contributed by atoms with E-state index in [2.05, 4.69) is 66.0 Å². The number of aliphatic hydroxyl groups excluding tert-OH is 1. The van der Waals surface area contributed by atoms with Crippen LogP contribution < -0.4 is 0 Å². The number of allylic oxidation sites excluding steroid dienone is 2. The summed E-state index contributed by atoms with van der Waals surface area (Å²) in [6.07, 6.45) is 1.42. The smallest absolute Gasteiger partial charge is 0.0880 e. The predicted octanol–water partition coefficient (Wildman–Crippen LogP) is 7.07. The lowest BCUT2D eigenvalue weighted by atomic mass is 9.71. The van der Waals surface area contributed by atoms with Crippen molar-refractivity contribution in [2.24, 2.45) is 5.41 Å². The van der Waals surface area contributed by atoms with Crippen LogP contribution in [0.5, 0.6) is 0 Å². The molecule has 0 aliphatic rings. The van der Waals surface area contributed by atoms with E-state index in [1.54, 1.807) is 0 Å². The summed E-state index contributed by atoms with van der Waals surface area (Å²) in [7, 11) is -1.08. The zero-order valence-corrected chi connectivity index (χ0v) is 18.7. The fourth-order valence-corrected chi connectivity index (χ4v) is 5.20. The van der Waals surface area contributed by atoms with Crippen molar-refractivity contribution >= 4 is 8.07 Å². The summed E-state index contributed by atoms with van der Waals surface area (Å²) in [6.45, 7) is 22.3. The summed E-state index contributed by atoms with van der Waals surface area (Å²) in [5.74, 6) is 0. The maximum Gasteiger partial charge on any atom is 0.0880 e. The van der Waals surface area contributed by atoms with E-state index in [0.29, 0.717) is 0 Å². The van der Waals surface area contributed by atoms with Crippen molar-refractivity contribution in [1.29, 1.82) is 0 Å². The zero-order chi connectivity index (χ0) is 19.4. The molecule has 0 spiro atoms. The van der Waals surface area contributed by atoms with Gasteiger partial charge in [-0.3, -0.25) is 0 Å². The molecule has 2 unspecified atom stereocenters. The van der Waals surface area contributed by atoms with E-state index < -0.39 is 14.2 Å². The van der Waals surface area contributed by atoms with E-state index in [9.17, 15) is 5.11 Å². The molecule has 0 bridgehead atoms. The van der Waals surface area contributed by atoms with Gasteiger partial charge in [-0.25, -0.2) is 0 Å². The third-order valence-electron chi connectivity index (χ3n) is 5.51. The number of rotatable bonds is 8. The summed E-state index contributed by atoms with van der Waals surface area (Å²) in [5, 5.41) is 11.1. The Balaban J connectivity index is 2.97. The van der Waals surface area contributed by atoms with E-state index in [1.807, 2.05) is 19.1 Å². The van der Waals surface area contributed by atoms with Crippen LogP contribution in [0, 0.1) is 12.3 Å². The molecule has 0 aliphatic heterocycles. The zero-order valence-electron chi connectivity index (χ0n) is 17.7. The average Bonchev–Trinajstić information content (AvgIpc) is 2.50. The van der Waals surface area contributed by atoms with Crippen LogP contribution in [0.3, 0.4) is 0 Å². The van der Waals surface area contributed by atoms with Gasteiger partial charge in [-0.15, -0.1) is 0 Å². The molecule has 2 heteroatoms. The molecule has 1 N–H and O–H groups in total. The highest BCUT2D eigenvalue weighted by molar-refractivity contribution is 6.76. The lowest BCUT2D eigenvalue weighted by molar-refractivity contribution is 0.0561. The summed E-state index contributed by atoms with van der Waals surface area (Å²) in [4.78, 5) is 0. The highest BCUT2D eigenvalue weighted by Gasteiger charge is 2.34. The van der Waals surface area contributed by atoms with Crippen molar-refractivity contribution in [3.8, 4) is 0 Å². The van der Waals surface area contributed by atoms with E-state index in [-0.39, 0.29) is 5.41 Å². The van der Waals surface area contributed by atoms with E-state index in [1.165, 1.54) is 22.8 Å². The van der Waals surface area contributed by atoms with Crippen LogP contribution in [-0.2, 0) is 0 Å². The molecule has 1 nitrogen and oxygen atoms in total. The van der Waals surface area contributed by atoms with Gasteiger partial charge >= 0.3 is 0 Å². The van der Waals surface area contributed by atoms with Crippen LogP contribution in [0.25, 0.3) is 0 Å². The molecule has 1 aromatic rings. The molecule has 0 saturated heterocycles. The molecule has 25 heavy (non-hydrogen) atoms. The largest absolute Gasteiger partial charge is 0.388 e. The van der Waals surface area contributed by atoms with Crippen LogP contribution in [0.2, 0.25) is 25.7 Å². The Morgan fingerprint density at radius 1 is 1.08 bits per heavy atom. The van der Waals surface area contributed by atoms with Gasteiger partial charge in [-0.05, 0) is 52.1 Å². The monoisotopic (exact) mass is 358 g/mol. The Morgan fingerprint density at radius 2 is 1.60 bits per heavy atom. The summed E-state index contributed by atoms with van der Waals surface area (Å²) < 4.78 is 0. The van der Waals surface area contributed by atoms with Gasteiger partial charge in [0.25, 0.3) is 0 Å². The van der Waals surface area contributed by atoms with Gasteiger partial charge in [0.05, 0.1) is 6.10 Å². The van der Waals surface area contributed by atoms with Crippen molar-refractivity contribution < 1.29 is 5.11 Å². The lowest BCUT2D eigenvalue weighted by Crippen LogP contribution is -2.27. The molecular formula is C23H38OSi. The fourth-order valence-electron chi connectivity index (χ4n) is 3.31. The molecule has 140 valence electrons. The van der Waals surface area contributed by atoms with Crippen LogP contribution in [0.1, 0.15) is 57.8 Å². The molecule has 0 saturated carbocycles. The first-order chi connectivity index (χ1) is 11.4. The Bertz CT molecular complexity index is 618. The number of aryl methyl sites for hydroxylation is 1. The Kier molecular flexibility index (Phi) is 7.46. The molecule has 1 aromatic carbocycles. The van der Waals surface area contributed by atoms with Crippen molar-refractivity contribution in [3.63, 3.8) is 0 Å². The summed E-state index contributed by atoms with van der Waals surface area (Å²) >= 11 is 0. The van der Waals surface area contributed by atoms with Crippen molar-refractivity contribution in [2.45, 2.75) is 79.2 Å². The molecule has 0 heterocycles. The fraction of sp³-hybridized carbons (Fsp3) is 0.565. The average molecular weight is 359 g/mol. The minimum Gasteiger partial charge on any atom is -0.388 e.